The smallest absolute Gasteiger partial charge is 0.0749 e. The second kappa shape index (κ2) is 6.29. The monoisotopic (exact) mass is 216 g/mol. The van der Waals surface area contributed by atoms with Crippen molar-refractivity contribution in [1.82, 2.24) is 0 Å². The lowest BCUT2D eigenvalue weighted by molar-refractivity contribution is 0.172. The highest BCUT2D eigenvalue weighted by Gasteiger charge is 2.08. The Balaban J connectivity index is 2.95. The topological polar surface area (TPSA) is 20.2 Å². The largest absolute Gasteiger partial charge is 0.389 e. The van der Waals surface area contributed by atoms with Crippen molar-refractivity contribution >= 4 is 5.57 Å². The SMILES string of the molecule is C=CC/C(=C\C(O)C(C)C)c1ccccc1. The first kappa shape index (κ1) is 12.7. The minimum atomic E-state index is -0.393. The molecule has 1 unspecified atom stereocenters. The predicted octanol–water partition coefficient (Wildman–Crippen LogP) is 3.66. The second-order valence-electron chi connectivity index (χ2n) is 4.29. The molecule has 0 bridgehead atoms. The van der Waals surface area contributed by atoms with E-state index in [4.69, 9.17) is 0 Å². The summed E-state index contributed by atoms with van der Waals surface area (Å²) in [5.41, 5.74) is 2.29. The van der Waals surface area contributed by atoms with E-state index in [-0.39, 0.29) is 5.92 Å². The van der Waals surface area contributed by atoms with Gasteiger partial charge < -0.3 is 5.11 Å². The summed E-state index contributed by atoms with van der Waals surface area (Å²) in [5, 5.41) is 9.87. The van der Waals surface area contributed by atoms with Gasteiger partial charge in [0.1, 0.15) is 0 Å². The standard InChI is InChI=1S/C15H20O/c1-4-8-14(11-15(16)12(2)3)13-9-6-5-7-10-13/h4-7,9-12,15-16H,1,8H2,2-3H3/b14-11+. The van der Waals surface area contributed by atoms with Gasteiger partial charge in [0.05, 0.1) is 6.10 Å². The van der Waals surface area contributed by atoms with Crippen molar-refractivity contribution < 1.29 is 5.11 Å². The Kier molecular flexibility index (Phi) is 5.00. The molecule has 1 N–H and O–H groups in total. The van der Waals surface area contributed by atoms with Gasteiger partial charge in [0.15, 0.2) is 0 Å². The van der Waals surface area contributed by atoms with Crippen molar-refractivity contribution in [2.75, 3.05) is 0 Å². The van der Waals surface area contributed by atoms with Gasteiger partial charge in [-0.05, 0) is 23.5 Å². The van der Waals surface area contributed by atoms with Crippen LogP contribution in [0.1, 0.15) is 25.8 Å². The van der Waals surface area contributed by atoms with Crippen LogP contribution in [0.2, 0.25) is 0 Å². The Morgan fingerprint density at radius 2 is 1.94 bits per heavy atom. The van der Waals surface area contributed by atoms with Gasteiger partial charge in [-0.25, -0.2) is 0 Å². The number of allylic oxidation sites excluding steroid dienone is 2. The van der Waals surface area contributed by atoms with Crippen LogP contribution in [0.3, 0.4) is 0 Å². The zero-order valence-electron chi connectivity index (χ0n) is 10.1. The van der Waals surface area contributed by atoms with E-state index in [1.807, 2.05) is 44.2 Å². The Morgan fingerprint density at radius 3 is 2.44 bits per heavy atom. The molecule has 0 amide bonds. The molecule has 0 aliphatic rings. The molecule has 0 radical (unpaired) electrons. The fraction of sp³-hybridized carbons (Fsp3) is 0.333. The molecular formula is C15H20O. The number of aliphatic hydroxyl groups is 1. The maximum atomic E-state index is 9.87. The van der Waals surface area contributed by atoms with E-state index in [0.29, 0.717) is 0 Å². The highest BCUT2D eigenvalue weighted by atomic mass is 16.3. The van der Waals surface area contributed by atoms with Gasteiger partial charge in [-0.15, -0.1) is 6.58 Å². The predicted molar refractivity (Wildman–Crippen MR) is 70.1 cm³/mol. The maximum absolute atomic E-state index is 9.87. The summed E-state index contributed by atoms with van der Waals surface area (Å²) in [6.45, 7) is 7.78. The number of hydrogen-bond acceptors (Lipinski definition) is 1. The molecule has 1 nitrogen and oxygen atoms in total. The van der Waals surface area contributed by atoms with Crippen LogP contribution in [0.15, 0.2) is 49.1 Å². The van der Waals surface area contributed by atoms with Gasteiger partial charge in [-0.3, -0.25) is 0 Å². The van der Waals surface area contributed by atoms with Crippen LogP contribution in [0.5, 0.6) is 0 Å². The number of benzene rings is 1. The summed E-state index contributed by atoms with van der Waals surface area (Å²) >= 11 is 0. The summed E-state index contributed by atoms with van der Waals surface area (Å²) in [7, 11) is 0. The molecule has 0 fully saturated rings. The first-order chi connectivity index (χ1) is 7.65. The molecule has 0 aromatic heterocycles. The van der Waals surface area contributed by atoms with Crippen molar-refractivity contribution in [2.45, 2.75) is 26.4 Å². The van der Waals surface area contributed by atoms with Gasteiger partial charge in [0, 0.05) is 0 Å². The fourth-order valence-electron chi connectivity index (χ4n) is 1.49. The van der Waals surface area contributed by atoms with E-state index >= 15 is 0 Å². The lowest BCUT2D eigenvalue weighted by atomic mass is 9.97. The summed E-state index contributed by atoms with van der Waals surface area (Å²) in [5.74, 6) is 0.239. The van der Waals surface area contributed by atoms with E-state index in [9.17, 15) is 5.11 Å². The van der Waals surface area contributed by atoms with E-state index in [0.717, 1.165) is 17.6 Å². The minimum absolute atomic E-state index is 0.239. The third kappa shape index (κ3) is 3.67. The van der Waals surface area contributed by atoms with Crippen LogP contribution in [-0.4, -0.2) is 11.2 Å². The highest BCUT2D eigenvalue weighted by Crippen LogP contribution is 2.20. The summed E-state index contributed by atoms with van der Waals surface area (Å²) in [6, 6.07) is 10.1. The Bertz CT molecular complexity index is 349. The minimum Gasteiger partial charge on any atom is -0.389 e. The average Bonchev–Trinajstić information content (AvgIpc) is 2.29. The van der Waals surface area contributed by atoms with Gasteiger partial charge >= 0.3 is 0 Å². The van der Waals surface area contributed by atoms with Crippen LogP contribution >= 0.6 is 0 Å². The molecule has 1 aromatic rings. The molecule has 0 saturated carbocycles. The van der Waals surface area contributed by atoms with Gasteiger partial charge in [-0.2, -0.15) is 0 Å². The van der Waals surface area contributed by atoms with Crippen molar-refractivity contribution in [3.63, 3.8) is 0 Å². The molecule has 16 heavy (non-hydrogen) atoms. The molecule has 0 saturated heterocycles. The molecule has 86 valence electrons. The Labute approximate surface area is 98.1 Å². The molecule has 0 spiro atoms. The van der Waals surface area contributed by atoms with Crippen LogP contribution in [-0.2, 0) is 0 Å². The van der Waals surface area contributed by atoms with Gasteiger partial charge in [-0.1, -0.05) is 56.3 Å². The van der Waals surface area contributed by atoms with Crippen molar-refractivity contribution in [3.05, 3.63) is 54.6 Å². The summed E-state index contributed by atoms with van der Waals surface area (Å²) < 4.78 is 0. The summed E-state index contributed by atoms with van der Waals surface area (Å²) in [4.78, 5) is 0. The van der Waals surface area contributed by atoms with Gasteiger partial charge in [0.25, 0.3) is 0 Å². The third-order valence-corrected chi connectivity index (χ3v) is 2.56. The number of aliphatic hydroxyl groups excluding tert-OH is 1. The number of rotatable bonds is 5. The van der Waals surface area contributed by atoms with E-state index in [2.05, 4.69) is 18.7 Å². The first-order valence-electron chi connectivity index (χ1n) is 5.70. The number of hydrogen-bond donors (Lipinski definition) is 1. The fourth-order valence-corrected chi connectivity index (χ4v) is 1.49. The molecule has 1 rings (SSSR count). The van der Waals surface area contributed by atoms with E-state index in [1.54, 1.807) is 0 Å². The zero-order chi connectivity index (χ0) is 12.0. The molecule has 0 heterocycles. The van der Waals surface area contributed by atoms with Gasteiger partial charge in [0.2, 0.25) is 0 Å². The lowest BCUT2D eigenvalue weighted by Crippen LogP contribution is -2.11. The highest BCUT2D eigenvalue weighted by molar-refractivity contribution is 5.67. The van der Waals surface area contributed by atoms with Crippen molar-refractivity contribution in [3.8, 4) is 0 Å². The zero-order valence-corrected chi connectivity index (χ0v) is 10.1. The van der Waals surface area contributed by atoms with E-state index in [1.165, 1.54) is 0 Å². The van der Waals surface area contributed by atoms with Crippen LogP contribution in [0, 0.1) is 5.92 Å². The average molecular weight is 216 g/mol. The first-order valence-corrected chi connectivity index (χ1v) is 5.70. The molecule has 0 aliphatic carbocycles. The van der Waals surface area contributed by atoms with Crippen molar-refractivity contribution in [2.24, 2.45) is 5.92 Å². The summed E-state index contributed by atoms with van der Waals surface area (Å²) in [6.07, 6.45) is 4.19. The maximum Gasteiger partial charge on any atom is 0.0749 e. The lowest BCUT2D eigenvalue weighted by Gasteiger charge is -2.13. The third-order valence-electron chi connectivity index (χ3n) is 2.56. The normalized spacial score (nSPS) is 13.9. The molecule has 1 aromatic carbocycles. The van der Waals surface area contributed by atoms with E-state index < -0.39 is 6.10 Å². The van der Waals surface area contributed by atoms with Crippen LogP contribution in [0.25, 0.3) is 5.57 Å². The quantitative estimate of drug-likeness (QED) is 0.745. The molecule has 1 atom stereocenters. The second-order valence-corrected chi connectivity index (χ2v) is 4.29. The molecule has 0 aliphatic heterocycles. The van der Waals surface area contributed by atoms with Crippen LogP contribution in [0.4, 0.5) is 0 Å². The Morgan fingerprint density at radius 1 is 1.31 bits per heavy atom. The van der Waals surface area contributed by atoms with Crippen LogP contribution < -0.4 is 0 Å². The van der Waals surface area contributed by atoms with Crippen molar-refractivity contribution in [1.29, 1.82) is 0 Å². The molecular weight excluding hydrogens is 196 g/mol. The molecule has 1 heteroatoms. The Hall–Kier alpha value is -1.34.